The molecule has 0 heterocycles. The van der Waals surface area contributed by atoms with Crippen LogP contribution >= 0.6 is 0 Å². The van der Waals surface area contributed by atoms with Crippen molar-refractivity contribution in [2.45, 2.75) is 6.42 Å². The van der Waals surface area contributed by atoms with Gasteiger partial charge in [0.2, 0.25) is 0 Å². The summed E-state index contributed by atoms with van der Waals surface area (Å²) in [6.45, 7) is 0. The molecule has 0 saturated carbocycles. The van der Waals surface area contributed by atoms with Crippen LogP contribution in [0.15, 0.2) is 0 Å². The van der Waals surface area contributed by atoms with Crippen LogP contribution in [0.25, 0.3) is 0 Å². The quantitative estimate of drug-likeness (QED) is 0.357. The molecule has 0 spiro atoms. The Bertz CT molecular complexity index is 87.5. The van der Waals surface area contributed by atoms with E-state index in [4.69, 9.17) is 0 Å². The summed E-state index contributed by atoms with van der Waals surface area (Å²) in [5.74, 6) is -3.25. The van der Waals surface area contributed by atoms with Gasteiger partial charge in [0.25, 0.3) is 0 Å². The first-order valence-electron chi connectivity index (χ1n) is 1.52. The smallest absolute Gasteiger partial charge is 0.550 e. The molecule has 0 aromatic heterocycles. The molecular weight excluding hydrogens is 219 g/mol. The number of hydrogen-bond acceptors (Lipinski definition) is 4. The molecular formula is C3H2O4Sn. The molecule has 0 N–H and O–H groups in total. The standard InChI is InChI=1S/C3H4O4.Sn/c4-2(5)1-3(6)7;/h1H2,(H,4,5)(H,6,7);/q;+2/p-2. The number of aliphatic carboxylic acids is 2. The van der Waals surface area contributed by atoms with Crippen LogP contribution in [0.5, 0.6) is 0 Å². The molecule has 0 aliphatic carbocycles. The van der Waals surface area contributed by atoms with Crippen molar-refractivity contribution in [2.24, 2.45) is 0 Å². The molecule has 0 bridgehead atoms. The fraction of sp³-hybridized carbons (Fsp3) is 0.333. The second-order valence-electron chi connectivity index (χ2n) is 0.921. The summed E-state index contributed by atoms with van der Waals surface area (Å²) >= 11 is 0. The molecule has 0 aliphatic heterocycles. The molecule has 8 heavy (non-hydrogen) atoms. The van der Waals surface area contributed by atoms with Gasteiger partial charge >= 0.3 is 23.9 Å². The molecule has 0 aromatic rings. The zero-order valence-corrected chi connectivity index (χ0v) is 6.69. The van der Waals surface area contributed by atoms with Crippen molar-refractivity contribution in [3.05, 3.63) is 0 Å². The van der Waals surface area contributed by atoms with E-state index in [-0.39, 0.29) is 23.9 Å². The van der Waals surface area contributed by atoms with Crippen LogP contribution in [0.1, 0.15) is 6.42 Å². The van der Waals surface area contributed by atoms with Crippen LogP contribution in [-0.2, 0) is 9.59 Å². The van der Waals surface area contributed by atoms with Gasteiger partial charge in [-0.15, -0.1) is 0 Å². The minimum absolute atomic E-state index is 0. The van der Waals surface area contributed by atoms with Gasteiger partial charge < -0.3 is 19.8 Å². The topological polar surface area (TPSA) is 80.3 Å². The van der Waals surface area contributed by atoms with E-state index >= 15 is 0 Å². The third-order valence-corrected chi connectivity index (χ3v) is 0.289. The number of carbonyl (C=O) groups excluding carboxylic acids is 2. The molecule has 2 radical (unpaired) electrons. The van der Waals surface area contributed by atoms with E-state index in [1.54, 1.807) is 0 Å². The van der Waals surface area contributed by atoms with Gasteiger partial charge in [0, 0.05) is 18.4 Å². The number of hydrogen-bond donors (Lipinski definition) is 0. The molecule has 0 saturated heterocycles. The van der Waals surface area contributed by atoms with Crippen LogP contribution in [0.4, 0.5) is 0 Å². The van der Waals surface area contributed by atoms with Gasteiger partial charge in [-0.2, -0.15) is 0 Å². The Balaban J connectivity index is 0. The first-order valence-corrected chi connectivity index (χ1v) is 1.52. The summed E-state index contributed by atoms with van der Waals surface area (Å²) in [5, 5.41) is 18.6. The van der Waals surface area contributed by atoms with Crippen LogP contribution in [-0.4, -0.2) is 35.8 Å². The molecule has 0 amide bonds. The van der Waals surface area contributed by atoms with E-state index in [0.29, 0.717) is 0 Å². The Labute approximate surface area is 62.5 Å². The van der Waals surface area contributed by atoms with E-state index in [1.165, 1.54) is 0 Å². The number of carboxylic acid groups (broad SMARTS) is 2. The fourth-order valence-corrected chi connectivity index (χ4v) is 0.118. The van der Waals surface area contributed by atoms with Crippen molar-refractivity contribution in [1.29, 1.82) is 0 Å². The van der Waals surface area contributed by atoms with Gasteiger partial charge in [-0.05, 0) is 0 Å². The molecule has 0 unspecified atom stereocenters. The van der Waals surface area contributed by atoms with E-state index in [1.807, 2.05) is 0 Å². The Morgan fingerprint density at radius 1 is 1.12 bits per heavy atom. The number of rotatable bonds is 2. The minimum atomic E-state index is -1.63. The third kappa shape index (κ3) is 9.22. The van der Waals surface area contributed by atoms with Gasteiger partial charge in [-0.1, -0.05) is 0 Å². The first kappa shape index (κ1) is 10.7. The van der Waals surface area contributed by atoms with Crippen molar-refractivity contribution in [3.8, 4) is 0 Å². The van der Waals surface area contributed by atoms with Crippen LogP contribution in [0.2, 0.25) is 0 Å². The summed E-state index contributed by atoms with van der Waals surface area (Å²) in [6.07, 6.45) is -1.03. The van der Waals surface area contributed by atoms with Gasteiger partial charge in [-0.25, -0.2) is 0 Å². The summed E-state index contributed by atoms with van der Waals surface area (Å²) in [5.41, 5.74) is 0. The molecule has 42 valence electrons. The minimum Gasteiger partial charge on any atom is -0.550 e. The average molecular weight is 221 g/mol. The van der Waals surface area contributed by atoms with Crippen LogP contribution in [0.3, 0.4) is 0 Å². The van der Waals surface area contributed by atoms with Crippen molar-refractivity contribution >= 4 is 35.8 Å². The maximum atomic E-state index is 9.28. The first-order chi connectivity index (χ1) is 3.13. The average Bonchev–Trinajstić information content (AvgIpc) is 1.27. The summed E-state index contributed by atoms with van der Waals surface area (Å²) in [4.78, 5) is 18.6. The molecule has 0 rings (SSSR count). The maximum Gasteiger partial charge on any atom is 2.00 e. The zero-order chi connectivity index (χ0) is 5.86. The second-order valence-corrected chi connectivity index (χ2v) is 0.921. The van der Waals surface area contributed by atoms with E-state index < -0.39 is 18.4 Å². The zero-order valence-electron chi connectivity index (χ0n) is 3.84. The Hall–Kier alpha value is -0.261. The van der Waals surface area contributed by atoms with Gasteiger partial charge in [0.15, 0.2) is 0 Å². The summed E-state index contributed by atoms with van der Waals surface area (Å²) < 4.78 is 0. The maximum absolute atomic E-state index is 9.28. The van der Waals surface area contributed by atoms with E-state index in [2.05, 4.69) is 0 Å². The second kappa shape index (κ2) is 4.89. The number of carbonyl (C=O) groups is 2. The Morgan fingerprint density at radius 3 is 1.38 bits per heavy atom. The van der Waals surface area contributed by atoms with Crippen molar-refractivity contribution in [1.82, 2.24) is 0 Å². The summed E-state index contributed by atoms with van der Waals surface area (Å²) in [6, 6.07) is 0. The van der Waals surface area contributed by atoms with Gasteiger partial charge in [0.05, 0.1) is 0 Å². The largest absolute Gasteiger partial charge is 2.00 e. The van der Waals surface area contributed by atoms with Crippen molar-refractivity contribution in [3.63, 3.8) is 0 Å². The normalized spacial score (nSPS) is 7.00. The Morgan fingerprint density at radius 2 is 1.38 bits per heavy atom. The van der Waals surface area contributed by atoms with E-state index in [9.17, 15) is 19.8 Å². The summed E-state index contributed by atoms with van der Waals surface area (Å²) in [7, 11) is 0. The van der Waals surface area contributed by atoms with E-state index in [0.717, 1.165) is 0 Å². The van der Waals surface area contributed by atoms with Crippen molar-refractivity contribution < 1.29 is 19.8 Å². The Kier molecular flexibility index (Phi) is 6.52. The van der Waals surface area contributed by atoms with Gasteiger partial charge in [-0.3, -0.25) is 0 Å². The third-order valence-electron chi connectivity index (χ3n) is 0.289. The monoisotopic (exact) mass is 222 g/mol. The SMILES string of the molecule is O=C([O-])CC(=O)[O-].[Sn+2]. The predicted octanol–water partition coefficient (Wildman–Crippen LogP) is -3.50. The molecule has 0 atom stereocenters. The van der Waals surface area contributed by atoms with Crippen LogP contribution < -0.4 is 10.2 Å². The van der Waals surface area contributed by atoms with Gasteiger partial charge in [0.1, 0.15) is 0 Å². The van der Waals surface area contributed by atoms with Crippen molar-refractivity contribution in [2.75, 3.05) is 0 Å². The fourth-order valence-electron chi connectivity index (χ4n) is 0.118. The number of carboxylic acids is 2. The molecule has 0 aromatic carbocycles. The predicted molar refractivity (Wildman–Crippen MR) is 20.4 cm³/mol. The molecule has 5 heteroatoms. The molecule has 0 fully saturated rings. The molecule has 4 nitrogen and oxygen atoms in total. The molecule has 0 aliphatic rings. The van der Waals surface area contributed by atoms with Crippen LogP contribution in [0, 0.1) is 0 Å².